The summed E-state index contributed by atoms with van der Waals surface area (Å²) in [5, 5.41) is 3.49. The molecule has 1 N–H and O–H groups in total. The first-order chi connectivity index (χ1) is 9.80. The van der Waals surface area contributed by atoms with Gasteiger partial charge in [-0.15, -0.1) is 0 Å². The van der Waals surface area contributed by atoms with Gasteiger partial charge in [0.2, 0.25) is 0 Å². The van der Waals surface area contributed by atoms with Crippen LogP contribution in [0, 0.1) is 0 Å². The molecule has 3 heteroatoms. The van der Waals surface area contributed by atoms with E-state index in [2.05, 4.69) is 72.3 Å². The maximum absolute atomic E-state index is 4.51. The number of nitrogens with one attached hydrogen (secondary N) is 1. The molecule has 20 heavy (non-hydrogen) atoms. The van der Waals surface area contributed by atoms with Gasteiger partial charge in [0.15, 0.2) is 0 Å². The lowest BCUT2D eigenvalue weighted by molar-refractivity contribution is 0.434. The largest absolute Gasteiger partial charge is 0.335 e. The molecule has 0 bridgehead atoms. The molecule has 0 amide bonds. The Balaban J connectivity index is 2.18. The second kappa shape index (κ2) is 7.25. The summed E-state index contributed by atoms with van der Waals surface area (Å²) in [6.07, 6.45) is 6.05. The van der Waals surface area contributed by atoms with Crippen LogP contribution in [0.2, 0.25) is 0 Å². The fraction of sp³-hybridized carbons (Fsp3) is 0.471. The van der Waals surface area contributed by atoms with Crippen LogP contribution in [-0.2, 0) is 13.0 Å². The van der Waals surface area contributed by atoms with Crippen molar-refractivity contribution in [3.63, 3.8) is 0 Å². The molecule has 2 atom stereocenters. The van der Waals surface area contributed by atoms with Crippen LogP contribution in [0.3, 0.4) is 0 Å². The molecular weight excluding hydrogens is 246 g/mol. The van der Waals surface area contributed by atoms with Crippen LogP contribution in [0.5, 0.6) is 0 Å². The van der Waals surface area contributed by atoms with Crippen LogP contribution in [-0.4, -0.2) is 22.6 Å². The molecular formula is C17H25N3. The minimum atomic E-state index is 0.412. The number of hydrogen-bond acceptors (Lipinski definition) is 2. The molecule has 2 aromatic rings. The van der Waals surface area contributed by atoms with Crippen LogP contribution >= 0.6 is 0 Å². The number of imidazole rings is 1. The van der Waals surface area contributed by atoms with E-state index in [1.54, 1.807) is 0 Å². The highest BCUT2D eigenvalue weighted by atomic mass is 15.1. The lowest BCUT2D eigenvalue weighted by Crippen LogP contribution is -2.35. The second-order valence-corrected chi connectivity index (χ2v) is 5.15. The molecule has 0 saturated heterocycles. The highest BCUT2D eigenvalue weighted by Crippen LogP contribution is 2.25. The predicted octanol–water partition coefficient (Wildman–Crippen LogP) is 3.23. The van der Waals surface area contributed by atoms with Gasteiger partial charge in [0.05, 0.1) is 0 Å². The van der Waals surface area contributed by atoms with Gasteiger partial charge in [0, 0.05) is 31.4 Å². The zero-order valence-corrected chi connectivity index (χ0v) is 12.7. The molecule has 1 heterocycles. The molecule has 0 aliphatic heterocycles. The molecule has 0 saturated carbocycles. The molecule has 0 aliphatic rings. The molecule has 2 rings (SSSR count). The lowest BCUT2D eigenvalue weighted by Gasteiger charge is -2.26. The summed E-state index contributed by atoms with van der Waals surface area (Å²) in [7, 11) is 2.05. The minimum Gasteiger partial charge on any atom is -0.335 e. The Bertz CT molecular complexity index is 504. The zero-order valence-electron chi connectivity index (χ0n) is 12.7. The van der Waals surface area contributed by atoms with Crippen molar-refractivity contribution < 1.29 is 0 Å². The van der Waals surface area contributed by atoms with Gasteiger partial charge in [-0.05, 0) is 31.9 Å². The summed E-state index contributed by atoms with van der Waals surface area (Å²) < 4.78 is 2.22. The van der Waals surface area contributed by atoms with E-state index in [1.807, 2.05) is 6.20 Å². The number of nitrogens with zero attached hydrogens (tertiary/aromatic N) is 2. The van der Waals surface area contributed by atoms with Gasteiger partial charge in [-0.1, -0.05) is 37.3 Å². The fourth-order valence-electron chi connectivity index (χ4n) is 2.91. The first kappa shape index (κ1) is 14.8. The molecule has 1 aromatic heterocycles. The van der Waals surface area contributed by atoms with E-state index in [0.29, 0.717) is 12.0 Å². The van der Waals surface area contributed by atoms with Gasteiger partial charge in [-0.2, -0.15) is 0 Å². The molecule has 0 radical (unpaired) electrons. The second-order valence-electron chi connectivity index (χ2n) is 5.15. The average molecular weight is 271 g/mol. The Hall–Kier alpha value is -1.61. The first-order valence-electron chi connectivity index (χ1n) is 7.52. The third-order valence-electron chi connectivity index (χ3n) is 4.07. The van der Waals surface area contributed by atoms with Crippen LogP contribution in [0.15, 0.2) is 42.7 Å². The van der Waals surface area contributed by atoms with Crippen molar-refractivity contribution >= 4 is 0 Å². The Labute approximate surface area is 122 Å². The first-order valence-corrected chi connectivity index (χ1v) is 7.52. The van der Waals surface area contributed by atoms with Crippen LogP contribution in [0.1, 0.15) is 37.6 Å². The van der Waals surface area contributed by atoms with Crippen molar-refractivity contribution in [2.45, 2.75) is 45.2 Å². The van der Waals surface area contributed by atoms with Gasteiger partial charge < -0.3 is 9.88 Å². The van der Waals surface area contributed by atoms with Crippen LogP contribution in [0.4, 0.5) is 0 Å². The Kier molecular flexibility index (Phi) is 5.36. The van der Waals surface area contributed by atoms with E-state index in [9.17, 15) is 0 Å². The van der Waals surface area contributed by atoms with Crippen molar-refractivity contribution in [1.82, 2.24) is 14.9 Å². The topological polar surface area (TPSA) is 29.9 Å². The third kappa shape index (κ3) is 3.28. The summed E-state index contributed by atoms with van der Waals surface area (Å²) in [6.45, 7) is 5.40. The molecule has 0 fully saturated rings. The number of aryl methyl sites for hydroxylation is 1. The number of hydrogen-bond donors (Lipinski definition) is 1. The van der Waals surface area contributed by atoms with Gasteiger partial charge >= 0.3 is 0 Å². The van der Waals surface area contributed by atoms with Crippen molar-refractivity contribution in [1.29, 1.82) is 0 Å². The Morgan fingerprint density at radius 1 is 1.20 bits per heavy atom. The van der Waals surface area contributed by atoms with Gasteiger partial charge in [0.1, 0.15) is 5.82 Å². The lowest BCUT2D eigenvalue weighted by atomic mass is 9.87. The maximum atomic E-state index is 4.51. The Morgan fingerprint density at radius 2 is 1.95 bits per heavy atom. The summed E-state index contributed by atoms with van der Waals surface area (Å²) in [4.78, 5) is 4.51. The van der Waals surface area contributed by atoms with E-state index < -0.39 is 0 Å². The molecule has 3 nitrogen and oxygen atoms in total. The molecule has 2 unspecified atom stereocenters. The number of rotatable bonds is 7. The van der Waals surface area contributed by atoms with Crippen LogP contribution in [0.25, 0.3) is 0 Å². The number of likely N-dealkylation sites (N-methyl/N-ethyl adjacent to an activating group) is 1. The predicted molar refractivity (Wildman–Crippen MR) is 83.9 cm³/mol. The SMILES string of the molecule is CCC(c1ccccc1)C(Cc1nccn1CC)NC. The van der Waals surface area contributed by atoms with Gasteiger partial charge in [0.25, 0.3) is 0 Å². The standard InChI is InChI=1S/C17H25N3/c1-4-15(14-9-7-6-8-10-14)16(18-3)13-17-19-11-12-20(17)5-2/h6-12,15-16,18H,4-5,13H2,1-3H3. The van der Waals surface area contributed by atoms with Crippen molar-refractivity contribution in [3.8, 4) is 0 Å². The molecule has 0 aliphatic carbocycles. The fourth-order valence-corrected chi connectivity index (χ4v) is 2.91. The summed E-state index contributed by atoms with van der Waals surface area (Å²) in [5.41, 5.74) is 1.41. The smallest absolute Gasteiger partial charge is 0.110 e. The van der Waals surface area contributed by atoms with Crippen molar-refractivity contribution in [2.75, 3.05) is 7.05 Å². The average Bonchev–Trinajstić information content (AvgIpc) is 2.95. The van der Waals surface area contributed by atoms with E-state index in [-0.39, 0.29) is 0 Å². The Morgan fingerprint density at radius 3 is 2.55 bits per heavy atom. The monoisotopic (exact) mass is 271 g/mol. The highest BCUT2D eigenvalue weighted by molar-refractivity contribution is 5.21. The molecule has 1 aromatic carbocycles. The van der Waals surface area contributed by atoms with E-state index in [1.165, 1.54) is 11.4 Å². The summed E-state index contributed by atoms with van der Waals surface area (Å²) in [5.74, 6) is 1.68. The maximum Gasteiger partial charge on any atom is 0.110 e. The van der Waals surface area contributed by atoms with E-state index >= 15 is 0 Å². The normalized spacial score (nSPS) is 14.2. The van der Waals surface area contributed by atoms with Gasteiger partial charge in [-0.25, -0.2) is 4.98 Å². The third-order valence-corrected chi connectivity index (χ3v) is 4.07. The van der Waals surface area contributed by atoms with Crippen molar-refractivity contribution in [3.05, 3.63) is 54.1 Å². The van der Waals surface area contributed by atoms with E-state index in [4.69, 9.17) is 0 Å². The number of aromatic nitrogens is 2. The van der Waals surface area contributed by atoms with Crippen LogP contribution < -0.4 is 5.32 Å². The summed E-state index contributed by atoms with van der Waals surface area (Å²) in [6, 6.07) is 11.2. The summed E-state index contributed by atoms with van der Waals surface area (Å²) >= 11 is 0. The highest BCUT2D eigenvalue weighted by Gasteiger charge is 2.22. The number of benzene rings is 1. The zero-order chi connectivity index (χ0) is 14.4. The van der Waals surface area contributed by atoms with Gasteiger partial charge in [-0.3, -0.25) is 0 Å². The molecule has 108 valence electrons. The quantitative estimate of drug-likeness (QED) is 0.838. The van der Waals surface area contributed by atoms with Crippen molar-refractivity contribution in [2.24, 2.45) is 0 Å². The molecule has 0 spiro atoms. The van der Waals surface area contributed by atoms with E-state index in [0.717, 1.165) is 19.4 Å². The minimum absolute atomic E-state index is 0.412.